The summed E-state index contributed by atoms with van der Waals surface area (Å²) < 4.78 is 6.16. The topological polar surface area (TPSA) is 79.0 Å². The second kappa shape index (κ2) is 6.37. The number of amides is 3. The molecule has 7 heteroatoms. The number of rotatable bonds is 4. The minimum absolute atomic E-state index is 0.0299. The number of nitrogens with zero attached hydrogens (tertiary/aromatic N) is 2. The number of carbonyl (C=O) groups excluding carboxylic acids is 3. The Morgan fingerprint density at radius 1 is 1.38 bits per heavy atom. The Morgan fingerprint density at radius 2 is 2.19 bits per heavy atom. The molecule has 1 spiro atoms. The van der Waals surface area contributed by atoms with E-state index >= 15 is 0 Å². The first-order chi connectivity index (χ1) is 12.4. The van der Waals surface area contributed by atoms with Gasteiger partial charge in [0.25, 0.3) is 0 Å². The molecule has 0 radical (unpaired) electrons. The van der Waals surface area contributed by atoms with E-state index in [9.17, 15) is 14.4 Å². The Morgan fingerprint density at radius 3 is 2.96 bits per heavy atom. The van der Waals surface area contributed by atoms with Crippen molar-refractivity contribution in [2.24, 2.45) is 17.8 Å². The number of likely N-dealkylation sites (tertiary alicyclic amines) is 1. The van der Waals surface area contributed by atoms with Crippen LogP contribution in [0.5, 0.6) is 0 Å². The molecule has 3 fully saturated rings. The molecule has 0 aliphatic carbocycles. The fourth-order valence-corrected chi connectivity index (χ4v) is 4.66. The summed E-state index contributed by atoms with van der Waals surface area (Å²) in [5.41, 5.74) is -0.640. The van der Waals surface area contributed by atoms with E-state index < -0.39 is 17.4 Å². The quantitative estimate of drug-likeness (QED) is 0.724. The van der Waals surface area contributed by atoms with Gasteiger partial charge in [-0.2, -0.15) is 0 Å². The van der Waals surface area contributed by atoms with E-state index in [0.29, 0.717) is 45.1 Å². The SMILES string of the molecule is CC(C)CCN1C[C@]23C=C[C@H](O2)[C@H](C(=O)N2CCNC(=O)CC2)[C@H]3C1=O. The van der Waals surface area contributed by atoms with Crippen molar-refractivity contribution in [2.45, 2.75) is 38.4 Å². The van der Waals surface area contributed by atoms with Crippen molar-refractivity contribution in [3.05, 3.63) is 12.2 Å². The van der Waals surface area contributed by atoms with Gasteiger partial charge < -0.3 is 19.9 Å². The minimum Gasteiger partial charge on any atom is -0.360 e. The highest BCUT2D eigenvalue weighted by Gasteiger charge is 2.67. The van der Waals surface area contributed by atoms with Crippen LogP contribution in [0.3, 0.4) is 0 Å². The molecule has 4 aliphatic rings. The molecule has 0 aromatic rings. The maximum atomic E-state index is 13.2. The van der Waals surface area contributed by atoms with Crippen LogP contribution >= 0.6 is 0 Å². The molecular formula is C19H27N3O4. The Kier molecular flexibility index (Phi) is 4.29. The molecule has 3 saturated heterocycles. The van der Waals surface area contributed by atoms with Crippen LogP contribution in [-0.4, -0.2) is 72.0 Å². The molecule has 4 atom stereocenters. The number of nitrogens with one attached hydrogen (secondary N) is 1. The third-order valence-electron chi connectivity index (χ3n) is 6.06. The number of fused-ring (bicyclic) bond motifs is 1. The zero-order valence-corrected chi connectivity index (χ0v) is 15.4. The highest BCUT2D eigenvalue weighted by molar-refractivity contribution is 5.93. The van der Waals surface area contributed by atoms with Crippen molar-refractivity contribution < 1.29 is 19.1 Å². The lowest BCUT2D eigenvalue weighted by Gasteiger charge is -2.29. The fourth-order valence-electron chi connectivity index (χ4n) is 4.66. The van der Waals surface area contributed by atoms with E-state index in [0.717, 1.165) is 6.42 Å². The lowest BCUT2D eigenvalue weighted by molar-refractivity contribution is -0.143. The van der Waals surface area contributed by atoms with E-state index in [1.54, 1.807) is 4.90 Å². The summed E-state index contributed by atoms with van der Waals surface area (Å²) in [5.74, 6) is -0.416. The van der Waals surface area contributed by atoms with Crippen LogP contribution in [0.25, 0.3) is 0 Å². The van der Waals surface area contributed by atoms with Gasteiger partial charge in [-0.3, -0.25) is 14.4 Å². The summed E-state index contributed by atoms with van der Waals surface area (Å²) in [5, 5.41) is 2.79. The second-order valence-electron chi connectivity index (χ2n) is 8.27. The predicted octanol–water partition coefficient (Wildman–Crippen LogP) is 0.163. The first kappa shape index (κ1) is 17.5. The largest absolute Gasteiger partial charge is 0.360 e. The molecule has 4 heterocycles. The van der Waals surface area contributed by atoms with Gasteiger partial charge >= 0.3 is 0 Å². The van der Waals surface area contributed by atoms with Gasteiger partial charge in [0.05, 0.1) is 24.5 Å². The van der Waals surface area contributed by atoms with E-state index in [4.69, 9.17) is 4.74 Å². The summed E-state index contributed by atoms with van der Waals surface area (Å²) in [6.45, 7) is 6.89. The van der Waals surface area contributed by atoms with Crippen LogP contribution in [0.4, 0.5) is 0 Å². The van der Waals surface area contributed by atoms with Gasteiger partial charge in [0, 0.05) is 32.6 Å². The first-order valence-electron chi connectivity index (χ1n) is 9.63. The first-order valence-corrected chi connectivity index (χ1v) is 9.63. The van der Waals surface area contributed by atoms with Gasteiger partial charge in [-0.05, 0) is 12.3 Å². The number of hydrogen-bond acceptors (Lipinski definition) is 4. The van der Waals surface area contributed by atoms with Crippen LogP contribution in [0.2, 0.25) is 0 Å². The maximum Gasteiger partial charge on any atom is 0.230 e. The van der Waals surface area contributed by atoms with E-state index in [1.807, 2.05) is 17.1 Å². The molecule has 26 heavy (non-hydrogen) atoms. The average molecular weight is 361 g/mol. The van der Waals surface area contributed by atoms with E-state index in [2.05, 4.69) is 19.2 Å². The third kappa shape index (κ3) is 2.73. The van der Waals surface area contributed by atoms with Crippen molar-refractivity contribution >= 4 is 17.7 Å². The Labute approximate surface area is 153 Å². The predicted molar refractivity (Wildman–Crippen MR) is 94.0 cm³/mol. The van der Waals surface area contributed by atoms with Gasteiger partial charge in [0.2, 0.25) is 17.7 Å². The molecule has 0 aromatic heterocycles. The molecule has 0 saturated carbocycles. The summed E-state index contributed by atoms with van der Waals surface area (Å²) in [4.78, 5) is 41.4. The van der Waals surface area contributed by atoms with E-state index in [1.165, 1.54) is 0 Å². The highest BCUT2D eigenvalue weighted by atomic mass is 16.5. The highest BCUT2D eigenvalue weighted by Crippen LogP contribution is 2.52. The van der Waals surface area contributed by atoms with Gasteiger partial charge in [-0.1, -0.05) is 26.0 Å². The molecule has 2 bridgehead atoms. The molecule has 0 unspecified atom stereocenters. The van der Waals surface area contributed by atoms with Crippen molar-refractivity contribution in [2.75, 3.05) is 32.7 Å². The van der Waals surface area contributed by atoms with Crippen LogP contribution in [0, 0.1) is 17.8 Å². The maximum absolute atomic E-state index is 13.2. The van der Waals surface area contributed by atoms with Gasteiger partial charge in [0.15, 0.2) is 0 Å². The number of hydrogen-bond donors (Lipinski definition) is 1. The molecule has 4 aliphatic heterocycles. The third-order valence-corrected chi connectivity index (χ3v) is 6.06. The van der Waals surface area contributed by atoms with Crippen LogP contribution < -0.4 is 5.32 Å². The molecule has 3 amide bonds. The van der Waals surface area contributed by atoms with Crippen LogP contribution in [0.1, 0.15) is 26.7 Å². The molecular weight excluding hydrogens is 334 g/mol. The molecule has 7 nitrogen and oxygen atoms in total. The van der Waals surface area contributed by atoms with Crippen molar-refractivity contribution in [3.63, 3.8) is 0 Å². The lowest BCUT2D eigenvalue weighted by atomic mass is 9.76. The van der Waals surface area contributed by atoms with Crippen molar-refractivity contribution in [1.82, 2.24) is 15.1 Å². The molecule has 4 rings (SSSR count). The average Bonchev–Trinajstić information content (AvgIpc) is 3.17. The van der Waals surface area contributed by atoms with Gasteiger partial charge in [0.1, 0.15) is 5.60 Å². The summed E-state index contributed by atoms with van der Waals surface area (Å²) >= 11 is 0. The Balaban J connectivity index is 1.53. The summed E-state index contributed by atoms with van der Waals surface area (Å²) in [6.07, 6.45) is 4.87. The smallest absolute Gasteiger partial charge is 0.230 e. The Hall–Kier alpha value is -1.89. The zero-order valence-electron chi connectivity index (χ0n) is 15.4. The van der Waals surface area contributed by atoms with Gasteiger partial charge in [-0.25, -0.2) is 0 Å². The summed E-state index contributed by atoms with van der Waals surface area (Å²) in [7, 11) is 0. The number of carbonyl (C=O) groups is 3. The lowest BCUT2D eigenvalue weighted by Crippen LogP contribution is -2.47. The number of ether oxygens (including phenoxy) is 1. The monoisotopic (exact) mass is 361 g/mol. The second-order valence-corrected chi connectivity index (χ2v) is 8.27. The normalized spacial score (nSPS) is 35.9. The Bertz CT molecular complexity index is 661. The zero-order chi connectivity index (χ0) is 18.5. The molecule has 142 valence electrons. The van der Waals surface area contributed by atoms with Crippen LogP contribution in [0.15, 0.2) is 12.2 Å². The van der Waals surface area contributed by atoms with Crippen molar-refractivity contribution in [1.29, 1.82) is 0 Å². The standard InChI is InChI=1S/C19H27N3O4/c1-12(2)4-8-22-11-19-6-3-13(26-19)15(16(19)18(22)25)17(24)21-9-5-14(23)20-7-10-21/h3,6,12-13,15-16H,4-5,7-11H2,1-2H3,(H,20,23)/t13-,15-,16-,19-/m0/s1. The van der Waals surface area contributed by atoms with Gasteiger partial charge in [-0.15, -0.1) is 0 Å². The van der Waals surface area contributed by atoms with Crippen LogP contribution in [-0.2, 0) is 19.1 Å². The molecule has 0 aromatic carbocycles. The fraction of sp³-hybridized carbons (Fsp3) is 0.737. The minimum atomic E-state index is -0.640. The van der Waals surface area contributed by atoms with Crippen molar-refractivity contribution in [3.8, 4) is 0 Å². The molecule has 1 N–H and O–H groups in total. The van der Waals surface area contributed by atoms with E-state index in [-0.39, 0.29) is 23.8 Å². The summed E-state index contributed by atoms with van der Waals surface area (Å²) in [6, 6.07) is 0.